The molecule has 4 rings (SSSR count). The number of carbonyl (C=O) groups is 2. The number of imide groups is 1. The molecule has 5 nitrogen and oxygen atoms in total. The van der Waals surface area contributed by atoms with Gasteiger partial charge in [-0.25, -0.2) is 4.90 Å². The molecule has 1 aliphatic rings. The number of rotatable bonds is 7. The first-order chi connectivity index (χ1) is 15.4. The van der Waals surface area contributed by atoms with E-state index in [9.17, 15) is 9.59 Å². The molecule has 1 aromatic heterocycles. The van der Waals surface area contributed by atoms with E-state index in [1.165, 1.54) is 16.2 Å². The second kappa shape index (κ2) is 9.01. The van der Waals surface area contributed by atoms with Crippen LogP contribution in [0.4, 0.5) is 17.1 Å². The molecule has 2 aromatic carbocycles. The summed E-state index contributed by atoms with van der Waals surface area (Å²) in [5, 5.41) is 5.16. The van der Waals surface area contributed by atoms with Crippen LogP contribution in [0.2, 0.25) is 0 Å². The lowest BCUT2D eigenvalue weighted by Gasteiger charge is -2.21. The second-order valence-electron chi connectivity index (χ2n) is 7.79. The highest BCUT2D eigenvalue weighted by Crippen LogP contribution is 2.36. The maximum absolute atomic E-state index is 13.5. The Morgan fingerprint density at radius 1 is 0.906 bits per heavy atom. The quantitative estimate of drug-likeness (QED) is 0.481. The van der Waals surface area contributed by atoms with Gasteiger partial charge in [-0.1, -0.05) is 12.1 Å². The minimum Gasteiger partial charge on any atom is -0.372 e. The van der Waals surface area contributed by atoms with E-state index < -0.39 is 0 Å². The van der Waals surface area contributed by atoms with Crippen molar-refractivity contribution in [3.8, 4) is 0 Å². The lowest BCUT2D eigenvalue weighted by molar-refractivity contribution is -0.120. The van der Waals surface area contributed by atoms with Gasteiger partial charge in [0.2, 0.25) is 0 Å². The van der Waals surface area contributed by atoms with Gasteiger partial charge >= 0.3 is 0 Å². The van der Waals surface area contributed by atoms with E-state index in [0.29, 0.717) is 17.0 Å². The van der Waals surface area contributed by atoms with Crippen LogP contribution < -0.4 is 15.1 Å². The summed E-state index contributed by atoms with van der Waals surface area (Å²) in [7, 11) is 0. The van der Waals surface area contributed by atoms with Crippen molar-refractivity contribution in [1.82, 2.24) is 0 Å². The Morgan fingerprint density at radius 3 is 2.22 bits per heavy atom. The molecule has 0 atom stereocenters. The van der Waals surface area contributed by atoms with Crippen molar-refractivity contribution < 1.29 is 9.59 Å². The van der Waals surface area contributed by atoms with Crippen molar-refractivity contribution in [2.24, 2.45) is 0 Å². The first kappa shape index (κ1) is 21.8. The number of nitrogens with one attached hydrogen (secondary N) is 1. The van der Waals surface area contributed by atoms with Crippen LogP contribution >= 0.6 is 11.3 Å². The van der Waals surface area contributed by atoms with Gasteiger partial charge in [0.25, 0.3) is 11.8 Å². The maximum Gasteiger partial charge on any atom is 0.282 e. The second-order valence-corrected chi connectivity index (χ2v) is 8.73. The van der Waals surface area contributed by atoms with E-state index in [4.69, 9.17) is 0 Å². The molecule has 32 heavy (non-hydrogen) atoms. The van der Waals surface area contributed by atoms with Gasteiger partial charge in [-0.3, -0.25) is 9.59 Å². The number of thiophene rings is 1. The third-order valence-electron chi connectivity index (χ3n) is 5.87. The summed E-state index contributed by atoms with van der Waals surface area (Å²) in [5.41, 5.74) is 5.36. The van der Waals surface area contributed by atoms with Crippen LogP contribution in [0.3, 0.4) is 0 Å². The molecule has 6 heteroatoms. The summed E-state index contributed by atoms with van der Waals surface area (Å²) in [5.74, 6) is -0.641. The van der Waals surface area contributed by atoms with E-state index in [1.54, 1.807) is 0 Å². The Morgan fingerprint density at radius 2 is 1.62 bits per heavy atom. The van der Waals surface area contributed by atoms with E-state index in [-0.39, 0.29) is 11.8 Å². The van der Waals surface area contributed by atoms with Crippen LogP contribution in [0.1, 0.15) is 29.9 Å². The average Bonchev–Trinajstić information content (AvgIpc) is 3.39. The zero-order chi connectivity index (χ0) is 22.8. The van der Waals surface area contributed by atoms with Crippen LogP contribution in [0.5, 0.6) is 0 Å². The van der Waals surface area contributed by atoms with E-state index in [0.717, 1.165) is 40.5 Å². The van der Waals surface area contributed by atoms with E-state index in [1.807, 2.05) is 73.8 Å². The highest BCUT2D eigenvalue weighted by Gasteiger charge is 2.40. The Labute approximate surface area is 193 Å². The molecule has 1 N–H and O–H groups in total. The largest absolute Gasteiger partial charge is 0.372 e. The molecule has 0 unspecified atom stereocenters. The molecule has 0 fully saturated rings. The zero-order valence-corrected chi connectivity index (χ0v) is 19.6. The Balaban J connectivity index is 1.71. The first-order valence-corrected chi connectivity index (χ1v) is 11.7. The lowest BCUT2D eigenvalue weighted by atomic mass is 10.1. The number of anilines is 3. The number of aryl methyl sites for hydroxylation is 2. The highest BCUT2D eigenvalue weighted by molar-refractivity contribution is 7.11. The van der Waals surface area contributed by atoms with Crippen molar-refractivity contribution in [3.63, 3.8) is 0 Å². The van der Waals surface area contributed by atoms with Crippen LogP contribution in [-0.2, 0) is 9.59 Å². The van der Waals surface area contributed by atoms with Crippen molar-refractivity contribution in [1.29, 1.82) is 0 Å². The van der Waals surface area contributed by atoms with Gasteiger partial charge in [-0.05, 0) is 86.7 Å². The molecule has 0 saturated heterocycles. The van der Waals surface area contributed by atoms with Gasteiger partial charge in [-0.15, -0.1) is 11.3 Å². The summed E-state index contributed by atoms with van der Waals surface area (Å²) in [6.07, 6.45) is 0. The van der Waals surface area contributed by atoms with Gasteiger partial charge in [0.15, 0.2) is 0 Å². The number of hydrogen-bond donors (Lipinski definition) is 1. The van der Waals surface area contributed by atoms with Gasteiger partial charge in [0.05, 0.1) is 11.3 Å². The summed E-state index contributed by atoms with van der Waals surface area (Å²) in [4.78, 5) is 31.2. The number of benzene rings is 2. The van der Waals surface area contributed by atoms with Crippen molar-refractivity contribution >= 4 is 45.8 Å². The highest BCUT2D eigenvalue weighted by atomic mass is 32.1. The van der Waals surface area contributed by atoms with Crippen LogP contribution in [0.15, 0.2) is 65.7 Å². The molecule has 2 heterocycles. The fourth-order valence-corrected chi connectivity index (χ4v) is 4.65. The topological polar surface area (TPSA) is 52.7 Å². The Hall–Kier alpha value is -3.38. The fraction of sp³-hybridized carbons (Fsp3) is 0.231. The smallest absolute Gasteiger partial charge is 0.282 e. The molecular formula is C26H27N3O2S. The predicted octanol–water partition coefficient (Wildman–Crippen LogP) is 5.61. The fourth-order valence-electron chi connectivity index (χ4n) is 3.88. The minimum atomic E-state index is -0.338. The van der Waals surface area contributed by atoms with Crippen LogP contribution in [-0.4, -0.2) is 24.9 Å². The molecule has 0 saturated carbocycles. The van der Waals surface area contributed by atoms with Gasteiger partial charge < -0.3 is 10.2 Å². The third kappa shape index (κ3) is 3.94. The Kier molecular flexibility index (Phi) is 6.15. The lowest BCUT2D eigenvalue weighted by Crippen LogP contribution is -2.32. The molecule has 0 aliphatic carbocycles. The normalized spacial score (nSPS) is 13.8. The number of amides is 2. The molecule has 164 valence electrons. The first-order valence-electron chi connectivity index (χ1n) is 10.8. The van der Waals surface area contributed by atoms with Crippen molar-refractivity contribution in [2.45, 2.75) is 27.7 Å². The predicted molar refractivity (Wildman–Crippen MR) is 133 cm³/mol. The monoisotopic (exact) mass is 445 g/mol. The van der Waals surface area contributed by atoms with Crippen molar-refractivity contribution in [3.05, 3.63) is 81.7 Å². The molecule has 1 aliphatic heterocycles. The standard InChI is InChI=1S/C26H27N3O2S/c1-5-28(6-2)20-13-10-19(11-14-20)27-24-23(22-8-7-15-32-22)25(30)29(26(24)31)21-12-9-17(3)18(4)16-21/h7-16,27H,5-6H2,1-4H3. The van der Waals surface area contributed by atoms with E-state index in [2.05, 4.69) is 24.1 Å². The molecule has 3 aromatic rings. The van der Waals surface area contributed by atoms with Gasteiger partial charge in [-0.2, -0.15) is 0 Å². The molecule has 2 amide bonds. The molecule has 0 radical (unpaired) electrons. The van der Waals surface area contributed by atoms with Gasteiger partial charge in [0, 0.05) is 29.3 Å². The summed E-state index contributed by atoms with van der Waals surface area (Å²) in [6, 6.07) is 17.4. The maximum atomic E-state index is 13.5. The van der Waals surface area contributed by atoms with Crippen molar-refractivity contribution in [2.75, 3.05) is 28.2 Å². The van der Waals surface area contributed by atoms with Gasteiger partial charge in [0.1, 0.15) is 5.70 Å². The molecule has 0 spiro atoms. The summed E-state index contributed by atoms with van der Waals surface area (Å²) in [6.45, 7) is 10.1. The molecule has 0 bridgehead atoms. The Bertz CT molecular complexity index is 1180. The van der Waals surface area contributed by atoms with Crippen LogP contribution in [0.25, 0.3) is 5.57 Å². The SMILES string of the molecule is CCN(CC)c1ccc(NC2=C(c3cccs3)C(=O)N(c3ccc(C)c(C)c3)C2=O)cc1. The zero-order valence-electron chi connectivity index (χ0n) is 18.8. The van der Waals surface area contributed by atoms with Crippen LogP contribution in [0, 0.1) is 13.8 Å². The number of nitrogens with zero attached hydrogens (tertiary/aromatic N) is 2. The van der Waals surface area contributed by atoms with E-state index >= 15 is 0 Å². The summed E-state index contributed by atoms with van der Waals surface area (Å²) < 4.78 is 0. The molecular weight excluding hydrogens is 418 g/mol. The average molecular weight is 446 g/mol. The minimum absolute atomic E-state index is 0.303. The third-order valence-corrected chi connectivity index (χ3v) is 6.75. The summed E-state index contributed by atoms with van der Waals surface area (Å²) >= 11 is 1.45. The number of hydrogen-bond acceptors (Lipinski definition) is 5. The number of carbonyl (C=O) groups excluding carboxylic acids is 2.